The lowest BCUT2D eigenvalue weighted by atomic mass is 10.8. The van der Waals surface area contributed by atoms with Gasteiger partial charge in [-0.25, -0.2) is 5.43 Å². The minimum absolute atomic E-state index is 0.435. The average Bonchev–Trinajstić information content (AvgIpc) is 1.68. The van der Waals surface area contributed by atoms with Crippen LogP contribution in [0.5, 0.6) is 0 Å². The summed E-state index contributed by atoms with van der Waals surface area (Å²) in [5.41, 5.74) is 4.65. The second kappa shape index (κ2) is 4.39. The van der Waals surface area contributed by atoms with Crippen LogP contribution in [0, 0.1) is 0 Å². The summed E-state index contributed by atoms with van der Waals surface area (Å²) in [5.74, 6) is -0.435. The van der Waals surface area contributed by atoms with Gasteiger partial charge in [-0.15, -0.1) is 0 Å². The molecule has 0 heterocycles. The molecular formula is C4H10FN3. The van der Waals surface area contributed by atoms with Gasteiger partial charge in [0.2, 0.25) is 5.95 Å². The molecule has 8 heavy (non-hydrogen) atoms. The average molecular weight is 119 g/mol. The van der Waals surface area contributed by atoms with Crippen molar-refractivity contribution in [2.45, 2.75) is 0 Å². The summed E-state index contributed by atoms with van der Waals surface area (Å²) < 4.78 is 12.0. The van der Waals surface area contributed by atoms with Crippen LogP contribution in [-0.2, 0) is 0 Å². The first-order valence-corrected chi connectivity index (χ1v) is 2.27. The molecule has 0 saturated carbocycles. The van der Waals surface area contributed by atoms with Crippen molar-refractivity contribution in [3.05, 3.63) is 12.2 Å². The van der Waals surface area contributed by atoms with Crippen molar-refractivity contribution in [2.24, 2.45) is 0 Å². The van der Waals surface area contributed by atoms with Gasteiger partial charge in [-0.2, -0.15) is 4.39 Å². The molecule has 0 unspecified atom stereocenters. The fourth-order valence-corrected chi connectivity index (χ4v) is 0.282. The zero-order valence-corrected chi connectivity index (χ0v) is 4.96. The molecule has 3 N–H and O–H groups in total. The maximum atomic E-state index is 12.0. The van der Waals surface area contributed by atoms with Gasteiger partial charge >= 0.3 is 0 Å². The molecular weight excluding hydrogens is 109 g/mol. The Labute approximate surface area is 47.9 Å². The zero-order chi connectivity index (χ0) is 6.41. The van der Waals surface area contributed by atoms with E-state index in [1.165, 1.54) is 6.20 Å². The highest BCUT2D eigenvalue weighted by atomic mass is 19.1. The first-order valence-electron chi connectivity index (χ1n) is 2.27. The Morgan fingerprint density at radius 1 is 1.50 bits per heavy atom. The summed E-state index contributed by atoms with van der Waals surface area (Å²) in [6.45, 7) is 0. The number of hydrogen-bond acceptors (Lipinski definition) is 3. The third-order valence-electron chi connectivity index (χ3n) is 0.515. The highest BCUT2D eigenvalue weighted by molar-refractivity contribution is 4.83. The number of hydrazine groups is 1. The molecule has 0 radical (unpaired) electrons. The van der Waals surface area contributed by atoms with Crippen molar-refractivity contribution in [3.8, 4) is 0 Å². The van der Waals surface area contributed by atoms with E-state index in [2.05, 4.69) is 16.2 Å². The van der Waals surface area contributed by atoms with Crippen molar-refractivity contribution in [2.75, 3.05) is 14.1 Å². The normalized spacial score (nSPS) is 11.1. The smallest absolute Gasteiger partial charge is 0.217 e. The van der Waals surface area contributed by atoms with Crippen LogP contribution in [-0.4, -0.2) is 14.1 Å². The van der Waals surface area contributed by atoms with Crippen LogP contribution in [0.15, 0.2) is 12.2 Å². The van der Waals surface area contributed by atoms with Gasteiger partial charge < -0.3 is 5.32 Å². The molecule has 0 aromatic heterocycles. The Kier molecular flexibility index (Phi) is 3.97. The van der Waals surface area contributed by atoms with Crippen LogP contribution >= 0.6 is 0 Å². The van der Waals surface area contributed by atoms with Crippen LogP contribution < -0.4 is 16.2 Å². The second-order valence-electron chi connectivity index (χ2n) is 1.16. The Morgan fingerprint density at radius 3 is 2.50 bits per heavy atom. The molecule has 0 spiro atoms. The molecule has 0 aliphatic rings. The fraction of sp³-hybridized carbons (Fsp3) is 0.500. The first kappa shape index (κ1) is 7.23. The molecule has 3 nitrogen and oxygen atoms in total. The van der Waals surface area contributed by atoms with E-state index < -0.39 is 5.95 Å². The molecule has 48 valence electrons. The molecule has 0 aromatic carbocycles. The lowest BCUT2D eigenvalue weighted by Crippen LogP contribution is -2.25. The van der Waals surface area contributed by atoms with Crippen LogP contribution in [0.3, 0.4) is 0 Å². The number of rotatable bonds is 3. The molecule has 0 aliphatic heterocycles. The largest absolute Gasteiger partial charge is 0.390 e. The third kappa shape index (κ3) is 3.42. The number of hydrogen-bond donors (Lipinski definition) is 3. The van der Waals surface area contributed by atoms with Gasteiger partial charge in [0.1, 0.15) is 0 Å². The maximum absolute atomic E-state index is 12.0. The van der Waals surface area contributed by atoms with Crippen LogP contribution in [0.25, 0.3) is 0 Å². The number of halogens is 1. The molecule has 0 amide bonds. The van der Waals surface area contributed by atoms with Crippen LogP contribution in [0.1, 0.15) is 0 Å². The second-order valence-corrected chi connectivity index (χ2v) is 1.16. The predicted molar refractivity (Wildman–Crippen MR) is 30.4 cm³/mol. The minimum atomic E-state index is -0.435. The van der Waals surface area contributed by atoms with E-state index in [9.17, 15) is 4.39 Å². The molecule has 0 fully saturated rings. The van der Waals surface area contributed by atoms with Crippen LogP contribution in [0.2, 0.25) is 0 Å². The van der Waals surface area contributed by atoms with Gasteiger partial charge in [0.15, 0.2) is 0 Å². The lowest BCUT2D eigenvalue weighted by molar-refractivity contribution is 0.497. The molecule has 0 aromatic rings. The summed E-state index contributed by atoms with van der Waals surface area (Å²) in [6, 6.07) is 0. The Bertz CT molecular complexity index is 81.4. The summed E-state index contributed by atoms with van der Waals surface area (Å²) in [6.07, 6.45) is 1.20. The summed E-state index contributed by atoms with van der Waals surface area (Å²) in [5, 5.41) is 2.51. The lowest BCUT2D eigenvalue weighted by Gasteiger charge is -1.97. The molecule has 0 atom stereocenters. The molecule has 4 heteroatoms. The Balaban J connectivity index is 3.29. The summed E-state index contributed by atoms with van der Waals surface area (Å²) in [4.78, 5) is 0. The van der Waals surface area contributed by atoms with Gasteiger partial charge in [-0.3, -0.25) is 5.43 Å². The van der Waals surface area contributed by atoms with Gasteiger partial charge in [-0.1, -0.05) is 0 Å². The zero-order valence-electron chi connectivity index (χ0n) is 4.96. The third-order valence-corrected chi connectivity index (χ3v) is 0.515. The van der Waals surface area contributed by atoms with Gasteiger partial charge in [0, 0.05) is 14.1 Å². The highest BCUT2D eigenvalue weighted by Crippen LogP contribution is 1.81. The highest BCUT2D eigenvalue weighted by Gasteiger charge is 1.83. The minimum Gasteiger partial charge on any atom is -0.390 e. The maximum Gasteiger partial charge on any atom is 0.217 e. The van der Waals surface area contributed by atoms with E-state index in [1.807, 2.05) is 0 Å². The van der Waals surface area contributed by atoms with Crippen molar-refractivity contribution in [1.29, 1.82) is 0 Å². The van der Waals surface area contributed by atoms with Gasteiger partial charge in [-0.05, 0) is 0 Å². The predicted octanol–water partition coefficient (Wildman–Crippen LogP) is -0.302. The van der Waals surface area contributed by atoms with Crippen molar-refractivity contribution in [3.63, 3.8) is 0 Å². The van der Waals surface area contributed by atoms with E-state index in [-0.39, 0.29) is 0 Å². The first-order chi connectivity index (χ1) is 3.81. The van der Waals surface area contributed by atoms with Crippen molar-refractivity contribution in [1.82, 2.24) is 16.2 Å². The van der Waals surface area contributed by atoms with E-state index in [1.54, 1.807) is 14.1 Å². The van der Waals surface area contributed by atoms with E-state index >= 15 is 0 Å². The van der Waals surface area contributed by atoms with Crippen molar-refractivity contribution >= 4 is 0 Å². The quantitative estimate of drug-likeness (QED) is 0.352. The van der Waals surface area contributed by atoms with Crippen molar-refractivity contribution < 1.29 is 4.39 Å². The fourth-order valence-electron chi connectivity index (χ4n) is 0.282. The monoisotopic (exact) mass is 119 g/mol. The topological polar surface area (TPSA) is 36.1 Å². The summed E-state index contributed by atoms with van der Waals surface area (Å²) >= 11 is 0. The van der Waals surface area contributed by atoms with E-state index in [0.29, 0.717) is 0 Å². The SMILES string of the molecule is CN/C=C(/F)NNC. The van der Waals surface area contributed by atoms with Gasteiger partial charge in [0.05, 0.1) is 6.20 Å². The standard InChI is InChI=1S/C4H10FN3/c1-6-3-4(5)8-7-2/h3,6-8H,1-2H3/b4-3-. The Morgan fingerprint density at radius 2 is 2.12 bits per heavy atom. The van der Waals surface area contributed by atoms with E-state index in [0.717, 1.165) is 0 Å². The molecule has 0 bridgehead atoms. The molecule has 0 rings (SSSR count). The van der Waals surface area contributed by atoms with E-state index in [4.69, 9.17) is 0 Å². The van der Waals surface area contributed by atoms with Crippen LogP contribution in [0.4, 0.5) is 4.39 Å². The summed E-state index contributed by atoms with van der Waals surface area (Å²) in [7, 11) is 3.21. The molecule has 0 saturated heterocycles. The number of nitrogens with one attached hydrogen (secondary N) is 3. The van der Waals surface area contributed by atoms with Gasteiger partial charge in [0.25, 0.3) is 0 Å². The molecule has 0 aliphatic carbocycles. The Hall–Kier alpha value is -0.770.